The van der Waals surface area contributed by atoms with Crippen LogP contribution in [0.5, 0.6) is 5.75 Å². The Bertz CT molecular complexity index is 1070. The van der Waals surface area contributed by atoms with E-state index in [-0.39, 0.29) is 30.9 Å². The molecule has 0 saturated carbocycles. The van der Waals surface area contributed by atoms with E-state index in [0.717, 1.165) is 6.42 Å². The van der Waals surface area contributed by atoms with Gasteiger partial charge in [-0.25, -0.2) is 9.78 Å². The zero-order valence-electron chi connectivity index (χ0n) is 21.1. The summed E-state index contributed by atoms with van der Waals surface area (Å²) in [4.78, 5) is 58.1. The zero-order chi connectivity index (χ0) is 27.5. The minimum atomic E-state index is -1.17. The largest absolute Gasteiger partial charge is 0.508 e. The number of rotatable bonds is 14. The first-order valence-electron chi connectivity index (χ1n) is 12.4. The van der Waals surface area contributed by atoms with Gasteiger partial charge in [-0.2, -0.15) is 11.8 Å². The van der Waals surface area contributed by atoms with E-state index in [1.54, 1.807) is 18.3 Å². The normalized spacial score (nSPS) is 17.2. The van der Waals surface area contributed by atoms with Crippen molar-refractivity contribution in [2.75, 3.05) is 18.6 Å². The quantitative estimate of drug-likeness (QED) is 0.171. The summed E-state index contributed by atoms with van der Waals surface area (Å²) in [6.45, 7) is 0.714. The van der Waals surface area contributed by atoms with Crippen molar-refractivity contribution in [2.45, 2.75) is 56.3 Å². The maximum atomic E-state index is 13.5. The van der Waals surface area contributed by atoms with Crippen molar-refractivity contribution in [3.8, 4) is 5.75 Å². The Morgan fingerprint density at radius 2 is 1.74 bits per heavy atom. The molecule has 0 spiro atoms. The molecular weight excluding hydrogens is 512 g/mol. The van der Waals surface area contributed by atoms with Crippen molar-refractivity contribution in [3.63, 3.8) is 0 Å². The van der Waals surface area contributed by atoms with Gasteiger partial charge in [-0.3, -0.25) is 14.4 Å². The fourth-order valence-corrected chi connectivity index (χ4v) is 4.59. The van der Waals surface area contributed by atoms with E-state index in [2.05, 4.69) is 31.2 Å². The molecule has 1 aromatic heterocycles. The van der Waals surface area contributed by atoms with E-state index < -0.39 is 42.0 Å². The first-order valence-corrected chi connectivity index (χ1v) is 13.8. The number of hydrogen-bond acceptors (Lipinski definition) is 8. The Kier molecular flexibility index (Phi) is 11.0. The summed E-state index contributed by atoms with van der Waals surface area (Å²) in [5, 5.41) is 30.3. The highest BCUT2D eigenvalue weighted by atomic mass is 32.2. The van der Waals surface area contributed by atoms with Crippen LogP contribution >= 0.6 is 11.8 Å². The number of carboxylic acid groups (broad SMARTS) is 1. The van der Waals surface area contributed by atoms with Crippen molar-refractivity contribution in [1.82, 2.24) is 31.2 Å². The predicted octanol–water partition coefficient (Wildman–Crippen LogP) is -0.0554. The van der Waals surface area contributed by atoms with Gasteiger partial charge >= 0.3 is 5.97 Å². The second kappa shape index (κ2) is 14.4. The number of carbonyl (C=O) groups excluding carboxylic acids is 3. The van der Waals surface area contributed by atoms with Gasteiger partial charge < -0.3 is 36.5 Å². The van der Waals surface area contributed by atoms with Gasteiger partial charge in [-0.1, -0.05) is 12.1 Å². The van der Waals surface area contributed by atoms with Gasteiger partial charge in [0.1, 0.15) is 23.9 Å². The van der Waals surface area contributed by atoms with Crippen LogP contribution in [0.3, 0.4) is 0 Å². The highest BCUT2D eigenvalue weighted by molar-refractivity contribution is 7.98. The molecule has 12 nitrogen and oxygen atoms in total. The average Bonchev–Trinajstić information content (AvgIpc) is 3.61. The molecule has 0 radical (unpaired) electrons. The van der Waals surface area contributed by atoms with Crippen molar-refractivity contribution < 1.29 is 29.4 Å². The molecule has 38 heavy (non-hydrogen) atoms. The van der Waals surface area contributed by atoms with E-state index >= 15 is 0 Å². The number of thioether (sulfide) groups is 1. The van der Waals surface area contributed by atoms with Crippen molar-refractivity contribution in [1.29, 1.82) is 0 Å². The minimum absolute atomic E-state index is 0.0433. The van der Waals surface area contributed by atoms with Crippen molar-refractivity contribution in [3.05, 3.63) is 48.0 Å². The third kappa shape index (κ3) is 8.77. The maximum absolute atomic E-state index is 13.5. The van der Waals surface area contributed by atoms with Gasteiger partial charge in [0.05, 0.1) is 12.4 Å². The molecule has 2 aromatic rings. The Labute approximate surface area is 224 Å². The molecule has 3 amide bonds. The number of carbonyl (C=O) groups is 4. The Hall–Kier alpha value is -3.58. The number of aliphatic carboxylic acids is 1. The summed E-state index contributed by atoms with van der Waals surface area (Å²) in [5.74, 6) is -2.17. The molecule has 1 saturated heterocycles. The summed E-state index contributed by atoms with van der Waals surface area (Å²) < 4.78 is 0. The third-order valence-electron chi connectivity index (χ3n) is 6.22. The molecule has 0 bridgehead atoms. The average molecular weight is 547 g/mol. The van der Waals surface area contributed by atoms with Gasteiger partial charge in [0, 0.05) is 24.7 Å². The van der Waals surface area contributed by atoms with Crippen LogP contribution in [0.2, 0.25) is 0 Å². The van der Waals surface area contributed by atoms with Gasteiger partial charge in [0.15, 0.2) is 0 Å². The molecule has 4 atom stereocenters. The van der Waals surface area contributed by atoms with Crippen LogP contribution in [0.1, 0.15) is 30.5 Å². The fourth-order valence-electron chi connectivity index (χ4n) is 4.12. The Balaban J connectivity index is 1.79. The lowest BCUT2D eigenvalue weighted by molar-refractivity contribution is -0.142. The van der Waals surface area contributed by atoms with E-state index in [0.29, 0.717) is 30.0 Å². The molecule has 0 aliphatic carbocycles. The minimum Gasteiger partial charge on any atom is -0.508 e. The summed E-state index contributed by atoms with van der Waals surface area (Å²) in [7, 11) is 0. The van der Waals surface area contributed by atoms with Gasteiger partial charge in [0.25, 0.3) is 0 Å². The number of phenols is 1. The number of aromatic amines is 1. The molecule has 2 heterocycles. The van der Waals surface area contributed by atoms with E-state index in [4.69, 9.17) is 0 Å². The number of H-pyrrole nitrogens is 1. The molecule has 3 rings (SSSR count). The summed E-state index contributed by atoms with van der Waals surface area (Å²) in [5.41, 5.74) is 1.26. The maximum Gasteiger partial charge on any atom is 0.326 e. The molecule has 4 unspecified atom stereocenters. The van der Waals surface area contributed by atoms with Gasteiger partial charge in [-0.05, 0) is 55.5 Å². The topological polar surface area (TPSA) is 186 Å². The van der Waals surface area contributed by atoms with E-state index in [1.165, 1.54) is 30.2 Å². The predicted molar refractivity (Wildman–Crippen MR) is 142 cm³/mol. The highest BCUT2D eigenvalue weighted by Gasteiger charge is 2.32. The molecule has 1 aliphatic rings. The lowest BCUT2D eigenvalue weighted by Crippen LogP contribution is -2.58. The molecule has 1 aromatic carbocycles. The third-order valence-corrected chi connectivity index (χ3v) is 6.87. The first-order chi connectivity index (χ1) is 18.3. The molecule has 1 aliphatic heterocycles. The van der Waals surface area contributed by atoms with Crippen LogP contribution in [-0.2, 0) is 32.0 Å². The standard InChI is InChI=1S/C25H34N6O6S/c1-38-10-8-19(25(36)37)29-23(34)20(11-15-4-6-17(32)7-5-15)30-24(35)21(12-16-13-26-14-28-16)31-22(33)18-3-2-9-27-18/h4-7,13-14,18-21,27,32H,2-3,8-12H2,1H3,(H,26,28)(H,29,34)(H,30,35)(H,31,33)(H,36,37). The summed E-state index contributed by atoms with van der Waals surface area (Å²) in [6, 6.07) is 2.47. The summed E-state index contributed by atoms with van der Waals surface area (Å²) in [6.07, 6.45) is 6.73. The van der Waals surface area contributed by atoms with Crippen LogP contribution in [0, 0.1) is 0 Å². The number of carboxylic acids is 1. The molecule has 7 N–H and O–H groups in total. The number of nitrogens with one attached hydrogen (secondary N) is 5. The molecule has 206 valence electrons. The smallest absolute Gasteiger partial charge is 0.326 e. The van der Waals surface area contributed by atoms with E-state index in [1.807, 2.05) is 6.26 Å². The van der Waals surface area contributed by atoms with Crippen LogP contribution < -0.4 is 21.3 Å². The number of benzene rings is 1. The highest BCUT2D eigenvalue weighted by Crippen LogP contribution is 2.13. The molecule has 13 heteroatoms. The van der Waals surface area contributed by atoms with Crippen LogP contribution in [0.15, 0.2) is 36.8 Å². The Morgan fingerprint density at radius 3 is 2.32 bits per heavy atom. The first kappa shape index (κ1) is 29.0. The Morgan fingerprint density at radius 1 is 1.05 bits per heavy atom. The monoisotopic (exact) mass is 546 g/mol. The van der Waals surface area contributed by atoms with Crippen LogP contribution in [-0.4, -0.2) is 86.6 Å². The van der Waals surface area contributed by atoms with Crippen molar-refractivity contribution in [2.24, 2.45) is 0 Å². The lowest BCUT2D eigenvalue weighted by atomic mass is 10.0. The van der Waals surface area contributed by atoms with Crippen LogP contribution in [0.4, 0.5) is 0 Å². The van der Waals surface area contributed by atoms with Gasteiger partial charge in [0.2, 0.25) is 17.7 Å². The SMILES string of the molecule is CSCCC(NC(=O)C(Cc1ccc(O)cc1)NC(=O)C(Cc1cnc[nH]1)NC(=O)C1CCCN1)C(=O)O. The number of hydrogen-bond donors (Lipinski definition) is 7. The second-order valence-electron chi connectivity index (χ2n) is 9.10. The number of amides is 3. The van der Waals surface area contributed by atoms with E-state index in [9.17, 15) is 29.4 Å². The second-order valence-corrected chi connectivity index (χ2v) is 10.1. The zero-order valence-corrected chi connectivity index (χ0v) is 21.9. The number of aromatic nitrogens is 2. The number of aromatic hydroxyl groups is 1. The number of imidazole rings is 1. The van der Waals surface area contributed by atoms with Crippen molar-refractivity contribution >= 4 is 35.5 Å². The number of nitrogens with zero attached hydrogens (tertiary/aromatic N) is 1. The summed E-state index contributed by atoms with van der Waals surface area (Å²) >= 11 is 1.46. The fraction of sp³-hybridized carbons (Fsp3) is 0.480. The molecular formula is C25H34N6O6S. The van der Waals surface area contributed by atoms with Gasteiger partial charge in [-0.15, -0.1) is 0 Å². The molecule has 1 fully saturated rings. The van der Waals surface area contributed by atoms with Crippen LogP contribution in [0.25, 0.3) is 0 Å². The number of phenolic OH excluding ortho intramolecular Hbond substituents is 1. The lowest BCUT2D eigenvalue weighted by Gasteiger charge is -2.25.